The smallest absolute Gasteiger partial charge is 0.219 e. The molecule has 0 amide bonds. The van der Waals surface area contributed by atoms with Crippen molar-refractivity contribution in [3.05, 3.63) is 48.3 Å². The van der Waals surface area contributed by atoms with Crippen LogP contribution in [0.1, 0.15) is 20.8 Å². The van der Waals surface area contributed by atoms with E-state index in [9.17, 15) is 0 Å². The zero-order valence-corrected chi connectivity index (χ0v) is 9.99. The molecule has 0 radical (unpaired) electrons. The van der Waals surface area contributed by atoms with E-state index >= 15 is 0 Å². The predicted octanol–water partition coefficient (Wildman–Crippen LogP) is 3.59. The highest BCUT2D eigenvalue weighted by Gasteiger charge is 2.14. The molecule has 0 bridgehead atoms. The Kier molecular flexibility index (Phi) is 7.38. The lowest BCUT2D eigenvalue weighted by atomic mass is 10.1. The van der Waals surface area contributed by atoms with E-state index in [0.717, 1.165) is 11.3 Å². The summed E-state index contributed by atoms with van der Waals surface area (Å²) in [6.07, 6.45) is 9.07. The fourth-order valence-corrected chi connectivity index (χ4v) is 1.10. The third-order valence-corrected chi connectivity index (χ3v) is 1.77. The molecule has 1 atom stereocenters. The van der Waals surface area contributed by atoms with E-state index in [-0.39, 0.29) is 6.29 Å². The van der Waals surface area contributed by atoms with Crippen molar-refractivity contribution in [3.63, 3.8) is 0 Å². The van der Waals surface area contributed by atoms with Gasteiger partial charge in [0.25, 0.3) is 0 Å². The highest BCUT2D eigenvalue weighted by Crippen LogP contribution is 2.21. The molecule has 0 spiro atoms. The summed E-state index contributed by atoms with van der Waals surface area (Å²) in [6, 6.07) is 0. The predicted molar refractivity (Wildman–Crippen MR) is 64.4 cm³/mol. The first kappa shape index (κ1) is 13.7. The van der Waals surface area contributed by atoms with Crippen molar-refractivity contribution in [1.29, 1.82) is 0 Å². The Morgan fingerprint density at radius 3 is 2.60 bits per heavy atom. The molecule has 2 heteroatoms. The van der Waals surface area contributed by atoms with Gasteiger partial charge >= 0.3 is 0 Å². The van der Waals surface area contributed by atoms with E-state index in [0.29, 0.717) is 0 Å². The molecule has 0 aliphatic carbocycles. The molecule has 84 valence electrons. The standard InChI is InChI=1S/C11H14O2.C2H6/c1-4-6-10-9(5-2)7-8-11(12-3)13-10;1-2/h4-8,11H,1H2,2-3H3;1-2H3/b9-5-,10-6+;. The van der Waals surface area contributed by atoms with Crippen molar-refractivity contribution in [2.45, 2.75) is 27.1 Å². The van der Waals surface area contributed by atoms with Crippen molar-refractivity contribution in [2.24, 2.45) is 0 Å². The highest BCUT2D eigenvalue weighted by molar-refractivity contribution is 5.39. The van der Waals surface area contributed by atoms with E-state index in [1.54, 1.807) is 13.2 Å². The van der Waals surface area contributed by atoms with Gasteiger partial charge in [-0.05, 0) is 25.2 Å². The van der Waals surface area contributed by atoms with Crippen LogP contribution in [0.15, 0.2) is 48.3 Å². The summed E-state index contributed by atoms with van der Waals surface area (Å²) < 4.78 is 10.5. The highest BCUT2D eigenvalue weighted by atomic mass is 16.7. The van der Waals surface area contributed by atoms with Crippen LogP contribution < -0.4 is 0 Å². The molecule has 1 rings (SSSR count). The topological polar surface area (TPSA) is 18.5 Å². The zero-order chi connectivity index (χ0) is 11.7. The molecule has 0 fully saturated rings. The van der Waals surface area contributed by atoms with Gasteiger partial charge in [0.05, 0.1) is 0 Å². The first-order valence-electron chi connectivity index (χ1n) is 5.19. The molecule has 0 saturated carbocycles. The van der Waals surface area contributed by atoms with Crippen molar-refractivity contribution < 1.29 is 9.47 Å². The lowest BCUT2D eigenvalue weighted by Gasteiger charge is -2.21. The minimum absolute atomic E-state index is 0.283. The second-order valence-electron chi connectivity index (χ2n) is 2.59. The summed E-state index contributed by atoms with van der Waals surface area (Å²) in [7, 11) is 1.61. The fraction of sp³-hybridized carbons (Fsp3) is 0.385. The maximum absolute atomic E-state index is 5.49. The Bertz CT molecular complexity index is 272. The Morgan fingerprint density at radius 1 is 1.47 bits per heavy atom. The van der Waals surface area contributed by atoms with E-state index < -0.39 is 0 Å². The molecule has 0 N–H and O–H groups in total. The molecular weight excluding hydrogens is 188 g/mol. The van der Waals surface area contributed by atoms with Crippen LogP contribution in [0.25, 0.3) is 0 Å². The van der Waals surface area contributed by atoms with Gasteiger partial charge in [-0.3, -0.25) is 0 Å². The number of ether oxygens (including phenoxy) is 2. The summed E-state index contributed by atoms with van der Waals surface area (Å²) in [6.45, 7) is 9.59. The SMILES string of the molecule is C=C/C=C1/OC(OC)C=C/C1=C/C.CC. The minimum Gasteiger partial charge on any atom is -0.461 e. The first-order valence-corrected chi connectivity index (χ1v) is 5.19. The summed E-state index contributed by atoms with van der Waals surface area (Å²) >= 11 is 0. The van der Waals surface area contributed by atoms with Gasteiger partial charge in [-0.15, -0.1) is 0 Å². The summed E-state index contributed by atoms with van der Waals surface area (Å²) in [4.78, 5) is 0. The first-order chi connectivity index (χ1) is 7.31. The van der Waals surface area contributed by atoms with Crippen molar-refractivity contribution in [3.8, 4) is 0 Å². The number of rotatable bonds is 2. The second-order valence-corrected chi connectivity index (χ2v) is 2.59. The minimum atomic E-state index is -0.283. The van der Waals surface area contributed by atoms with Gasteiger partial charge in [0.2, 0.25) is 6.29 Å². The molecule has 1 heterocycles. The third kappa shape index (κ3) is 4.17. The fourth-order valence-electron chi connectivity index (χ4n) is 1.10. The van der Waals surface area contributed by atoms with Crippen molar-refractivity contribution in [2.75, 3.05) is 7.11 Å². The molecule has 0 aromatic rings. The molecule has 1 unspecified atom stereocenters. The van der Waals surface area contributed by atoms with E-state index in [1.165, 1.54) is 0 Å². The number of methoxy groups -OCH3 is 1. The van der Waals surface area contributed by atoms with Gasteiger partial charge < -0.3 is 9.47 Å². The lowest BCUT2D eigenvalue weighted by molar-refractivity contribution is -0.0587. The summed E-state index contributed by atoms with van der Waals surface area (Å²) in [5, 5.41) is 0. The number of allylic oxidation sites excluding steroid dienone is 4. The van der Waals surface area contributed by atoms with Gasteiger partial charge in [-0.25, -0.2) is 0 Å². The van der Waals surface area contributed by atoms with Crippen LogP contribution >= 0.6 is 0 Å². The molecule has 15 heavy (non-hydrogen) atoms. The van der Waals surface area contributed by atoms with Crippen LogP contribution in [0.4, 0.5) is 0 Å². The van der Waals surface area contributed by atoms with Gasteiger partial charge in [0.1, 0.15) is 5.76 Å². The van der Waals surface area contributed by atoms with Crippen LogP contribution in [0.5, 0.6) is 0 Å². The van der Waals surface area contributed by atoms with Gasteiger partial charge in [-0.1, -0.05) is 32.6 Å². The van der Waals surface area contributed by atoms with Crippen LogP contribution in [0.3, 0.4) is 0 Å². The van der Waals surface area contributed by atoms with Crippen LogP contribution in [-0.2, 0) is 9.47 Å². The molecule has 1 aliphatic rings. The molecule has 0 aromatic heterocycles. The van der Waals surface area contributed by atoms with E-state index in [2.05, 4.69) is 6.58 Å². The quantitative estimate of drug-likeness (QED) is 0.690. The van der Waals surface area contributed by atoms with Crippen LogP contribution in [-0.4, -0.2) is 13.4 Å². The Labute approximate surface area is 92.6 Å². The summed E-state index contributed by atoms with van der Waals surface area (Å²) in [5.74, 6) is 0.798. The third-order valence-electron chi connectivity index (χ3n) is 1.77. The average Bonchev–Trinajstić information content (AvgIpc) is 2.32. The molecule has 0 saturated heterocycles. The monoisotopic (exact) mass is 208 g/mol. The molecule has 2 nitrogen and oxygen atoms in total. The van der Waals surface area contributed by atoms with Gasteiger partial charge in [0.15, 0.2) is 0 Å². The van der Waals surface area contributed by atoms with Crippen molar-refractivity contribution in [1.82, 2.24) is 0 Å². The van der Waals surface area contributed by atoms with Crippen LogP contribution in [0, 0.1) is 0 Å². The second kappa shape index (κ2) is 8.06. The zero-order valence-electron chi connectivity index (χ0n) is 9.99. The van der Waals surface area contributed by atoms with E-state index in [1.807, 2.05) is 45.1 Å². The maximum atomic E-state index is 5.49. The van der Waals surface area contributed by atoms with Crippen molar-refractivity contribution >= 4 is 0 Å². The van der Waals surface area contributed by atoms with Crippen LogP contribution in [0.2, 0.25) is 0 Å². The molecular formula is C13H20O2. The average molecular weight is 208 g/mol. The van der Waals surface area contributed by atoms with Gasteiger partial charge in [-0.2, -0.15) is 0 Å². The van der Waals surface area contributed by atoms with Gasteiger partial charge in [0, 0.05) is 12.7 Å². The Balaban J connectivity index is 0.000000921. The molecule has 1 aliphatic heterocycles. The lowest BCUT2D eigenvalue weighted by Crippen LogP contribution is -2.16. The normalized spacial score (nSPS) is 24.4. The number of hydrogen-bond acceptors (Lipinski definition) is 2. The maximum Gasteiger partial charge on any atom is 0.219 e. The summed E-state index contributed by atoms with van der Waals surface area (Å²) in [5.41, 5.74) is 1.05. The Hall–Kier alpha value is -1.28. The largest absolute Gasteiger partial charge is 0.461 e. The van der Waals surface area contributed by atoms with E-state index in [4.69, 9.17) is 9.47 Å². The number of hydrogen-bond donors (Lipinski definition) is 0. The molecule has 0 aromatic carbocycles. The Morgan fingerprint density at radius 2 is 2.13 bits per heavy atom.